The van der Waals surface area contributed by atoms with Crippen LogP contribution >= 0.6 is 0 Å². The summed E-state index contributed by atoms with van der Waals surface area (Å²) in [5.41, 5.74) is 7.35. The fourth-order valence-electron chi connectivity index (χ4n) is 2.39. The number of pyridine rings is 1. The Balaban J connectivity index is 2.11. The van der Waals surface area contributed by atoms with Crippen LogP contribution in [0.5, 0.6) is 0 Å². The average Bonchev–Trinajstić information content (AvgIpc) is 3.15. The molecule has 0 aromatic carbocycles. The van der Waals surface area contributed by atoms with Gasteiger partial charge in [-0.05, 0) is 12.1 Å². The van der Waals surface area contributed by atoms with E-state index in [4.69, 9.17) is 5.73 Å². The highest BCUT2D eigenvalue weighted by Crippen LogP contribution is 2.36. The molecule has 3 aromatic heterocycles. The molecular formula is C17H19N9. The highest BCUT2D eigenvalue weighted by molar-refractivity contribution is 5.63. The second-order valence-electron chi connectivity index (χ2n) is 6.75. The summed E-state index contributed by atoms with van der Waals surface area (Å²) in [5.74, 6) is 1.23. The number of nitrogens with zero attached hydrogens (tertiary/aromatic N) is 8. The van der Waals surface area contributed by atoms with Crippen molar-refractivity contribution in [3.8, 4) is 11.9 Å². The number of nitrogens with two attached hydrogens (primary N) is 1. The highest BCUT2D eigenvalue weighted by atomic mass is 15.4. The number of hydrogen-bond donors (Lipinski definition) is 1. The van der Waals surface area contributed by atoms with Gasteiger partial charge in [0.25, 0.3) is 0 Å². The lowest BCUT2D eigenvalue weighted by Crippen LogP contribution is -2.12. The van der Waals surface area contributed by atoms with E-state index in [9.17, 15) is 5.26 Å². The lowest BCUT2D eigenvalue weighted by atomic mass is 9.91. The third-order valence-corrected chi connectivity index (χ3v) is 3.75. The van der Waals surface area contributed by atoms with Crippen LogP contribution in [0, 0.1) is 11.3 Å². The maximum Gasteiger partial charge on any atom is 0.197 e. The number of rotatable bonds is 3. The zero-order chi connectivity index (χ0) is 18.9. The minimum atomic E-state index is -0.261. The smallest absolute Gasteiger partial charge is 0.197 e. The van der Waals surface area contributed by atoms with E-state index in [1.807, 2.05) is 26.8 Å². The van der Waals surface area contributed by atoms with Gasteiger partial charge in [0.15, 0.2) is 17.3 Å². The van der Waals surface area contributed by atoms with Crippen molar-refractivity contribution >= 4 is 17.3 Å². The van der Waals surface area contributed by atoms with E-state index in [1.165, 1.54) is 10.9 Å². The van der Waals surface area contributed by atoms with Gasteiger partial charge in [-0.3, -0.25) is 4.68 Å². The summed E-state index contributed by atoms with van der Waals surface area (Å²) in [6, 6.07) is 7.46. The molecule has 0 aliphatic carbocycles. The van der Waals surface area contributed by atoms with Gasteiger partial charge in [0, 0.05) is 18.7 Å². The first kappa shape index (κ1) is 17.3. The zero-order valence-electron chi connectivity index (χ0n) is 15.0. The molecular weight excluding hydrogens is 330 g/mol. The van der Waals surface area contributed by atoms with Gasteiger partial charge in [-0.15, -0.1) is 10.2 Å². The Morgan fingerprint density at radius 1 is 1.23 bits per heavy atom. The first-order chi connectivity index (χ1) is 12.3. The number of aromatic nitrogens is 5. The fraction of sp³-hybridized carbons (Fsp3) is 0.294. The van der Waals surface area contributed by atoms with E-state index in [2.05, 4.69) is 31.5 Å². The number of azo groups is 1. The van der Waals surface area contributed by atoms with Crippen LogP contribution in [0.15, 0.2) is 40.8 Å². The molecule has 132 valence electrons. The Hall–Kier alpha value is -3.54. The van der Waals surface area contributed by atoms with Crippen LogP contribution in [0.1, 0.15) is 32.0 Å². The number of hydrogen-bond acceptors (Lipinski definition) is 7. The van der Waals surface area contributed by atoms with Gasteiger partial charge in [-0.25, -0.2) is 4.98 Å². The molecule has 3 heterocycles. The van der Waals surface area contributed by atoms with E-state index < -0.39 is 0 Å². The van der Waals surface area contributed by atoms with Crippen LogP contribution in [-0.4, -0.2) is 24.5 Å². The molecule has 0 spiro atoms. The van der Waals surface area contributed by atoms with Gasteiger partial charge >= 0.3 is 0 Å². The Kier molecular flexibility index (Phi) is 4.26. The van der Waals surface area contributed by atoms with Gasteiger partial charge in [0.1, 0.15) is 17.5 Å². The lowest BCUT2D eigenvalue weighted by molar-refractivity contribution is 0.554. The molecule has 0 bridgehead atoms. The number of aryl methyl sites for hydroxylation is 1. The molecule has 9 heteroatoms. The van der Waals surface area contributed by atoms with E-state index in [1.54, 1.807) is 30.1 Å². The Bertz CT molecular complexity index is 998. The Morgan fingerprint density at radius 2 is 2.00 bits per heavy atom. The maximum atomic E-state index is 9.35. The summed E-state index contributed by atoms with van der Waals surface area (Å²) in [6.07, 6.45) is 3.07. The summed E-state index contributed by atoms with van der Waals surface area (Å²) < 4.78 is 3.03. The molecule has 0 amide bonds. The molecule has 0 radical (unpaired) electrons. The molecule has 3 rings (SSSR count). The van der Waals surface area contributed by atoms with E-state index in [-0.39, 0.29) is 11.2 Å². The molecule has 2 N–H and O–H groups in total. The first-order valence-electron chi connectivity index (χ1n) is 7.97. The van der Waals surface area contributed by atoms with Gasteiger partial charge in [0.05, 0.1) is 11.9 Å². The monoisotopic (exact) mass is 349 g/mol. The molecule has 0 atom stereocenters. The van der Waals surface area contributed by atoms with Crippen LogP contribution in [0.4, 0.5) is 17.3 Å². The molecule has 0 aliphatic rings. The van der Waals surface area contributed by atoms with Crippen LogP contribution in [0.2, 0.25) is 0 Å². The fourth-order valence-corrected chi connectivity index (χ4v) is 2.39. The minimum Gasteiger partial charge on any atom is -0.382 e. The minimum absolute atomic E-state index is 0.261. The molecule has 0 unspecified atom stereocenters. The average molecular weight is 349 g/mol. The second kappa shape index (κ2) is 6.40. The van der Waals surface area contributed by atoms with Crippen LogP contribution in [0.3, 0.4) is 0 Å². The number of anilines is 1. The predicted molar refractivity (Wildman–Crippen MR) is 96.6 cm³/mol. The van der Waals surface area contributed by atoms with Crippen molar-refractivity contribution in [1.82, 2.24) is 24.5 Å². The largest absolute Gasteiger partial charge is 0.382 e. The van der Waals surface area contributed by atoms with Crippen molar-refractivity contribution in [2.24, 2.45) is 17.3 Å². The van der Waals surface area contributed by atoms with E-state index >= 15 is 0 Å². The highest BCUT2D eigenvalue weighted by Gasteiger charge is 2.25. The molecule has 9 nitrogen and oxygen atoms in total. The van der Waals surface area contributed by atoms with Gasteiger partial charge < -0.3 is 5.73 Å². The molecule has 0 aliphatic heterocycles. The summed E-state index contributed by atoms with van der Waals surface area (Å²) in [5, 5.41) is 26.6. The van der Waals surface area contributed by atoms with Crippen LogP contribution < -0.4 is 5.73 Å². The molecule has 0 saturated carbocycles. The zero-order valence-corrected chi connectivity index (χ0v) is 15.0. The Morgan fingerprint density at radius 3 is 2.62 bits per heavy atom. The van der Waals surface area contributed by atoms with Crippen molar-refractivity contribution in [2.75, 3.05) is 5.73 Å². The van der Waals surface area contributed by atoms with E-state index in [0.29, 0.717) is 22.9 Å². The van der Waals surface area contributed by atoms with E-state index in [0.717, 1.165) is 5.69 Å². The molecule has 0 fully saturated rings. The second-order valence-corrected chi connectivity index (χ2v) is 6.75. The predicted octanol–water partition coefficient (Wildman–Crippen LogP) is 3.17. The third kappa shape index (κ3) is 3.04. The van der Waals surface area contributed by atoms with Crippen molar-refractivity contribution in [3.05, 3.63) is 41.9 Å². The summed E-state index contributed by atoms with van der Waals surface area (Å²) in [7, 11) is 1.75. The van der Waals surface area contributed by atoms with Crippen molar-refractivity contribution in [1.29, 1.82) is 5.26 Å². The van der Waals surface area contributed by atoms with Crippen molar-refractivity contribution in [2.45, 2.75) is 26.2 Å². The quantitative estimate of drug-likeness (QED) is 0.727. The summed E-state index contributed by atoms with van der Waals surface area (Å²) >= 11 is 0. The third-order valence-electron chi connectivity index (χ3n) is 3.75. The van der Waals surface area contributed by atoms with Gasteiger partial charge in [0.2, 0.25) is 0 Å². The molecule has 3 aromatic rings. The summed E-state index contributed by atoms with van der Waals surface area (Å²) in [6.45, 7) is 6.06. The molecule has 26 heavy (non-hydrogen) atoms. The number of nitrogen functional groups attached to an aromatic ring is 1. The normalized spacial score (nSPS) is 11.8. The standard InChI is InChI=1S/C17H19N9/c1-17(2,3)14-13(15(19)25(4)24-14)22-23-16-11(9-18)10-21-26(16)12-7-5-6-8-20-12/h5-8,10H,19H2,1-4H3/b23-22+. The summed E-state index contributed by atoms with van der Waals surface area (Å²) in [4.78, 5) is 4.24. The number of nitriles is 1. The van der Waals surface area contributed by atoms with Crippen molar-refractivity contribution in [3.63, 3.8) is 0 Å². The van der Waals surface area contributed by atoms with Gasteiger partial charge in [-0.2, -0.15) is 20.1 Å². The van der Waals surface area contributed by atoms with Crippen LogP contribution in [-0.2, 0) is 12.5 Å². The SMILES string of the molecule is Cn1nc(C(C)(C)C)c(/N=N/c2c(C#N)cnn2-c2ccccn2)c1N. The van der Waals surface area contributed by atoms with Crippen LogP contribution in [0.25, 0.3) is 5.82 Å². The maximum absolute atomic E-state index is 9.35. The first-order valence-corrected chi connectivity index (χ1v) is 7.97. The Labute approximate surface area is 150 Å². The van der Waals surface area contributed by atoms with Crippen molar-refractivity contribution < 1.29 is 0 Å². The van der Waals surface area contributed by atoms with Gasteiger partial charge in [-0.1, -0.05) is 26.8 Å². The lowest BCUT2D eigenvalue weighted by Gasteiger charge is -2.15. The molecule has 0 saturated heterocycles. The topological polar surface area (TPSA) is 123 Å².